The van der Waals surface area contributed by atoms with Crippen molar-refractivity contribution in [3.05, 3.63) is 35.4 Å². The molecule has 100 valence electrons. The summed E-state index contributed by atoms with van der Waals surface area (Å²) in [5, 5.41) is 23.9. The van der Waals surface area contributed by atoms with Crippen LogP contribution < -0.4 is 10.6 Å². The molecule has 0 saturated heterocycles. The first kappa shape index (κ1) is 14.6. The van der Waals surface area contributed by atoms with Crippen LogP contribution in [-0.4, -0.2) is 42.4 Å². The van der Waals surface area contributed by atoms with E-state index in [9.17, 15) is 4.79 Å². The molecule has 0 atom stereocenters. The number of aliphatic hydroxyl groups is 1. The summed E-state index contributed by atoms with van der Waals surface area (Å²) in [6.07, 6.45) is 0.940. The molecule has 0 bridgehead atoms. The van der Waals surface area contributed by atoms with Crippen molar-refractivity contribution < 1.29 is 15.0 Å². The van der Waals surface area contributed by atoms with Gasteiger partial charge in [0.25, 0.3) is 0 Å². The maximum atomic E-state index is 11.0. The summed E-state index contributed by atoms with van der Waals surface area (Å²) in [7, 11) is 0. The molecular weight excluding hydrogens is 232 g/mol. The highest BCUT2D eigenvalue weighted by Gasteiger charge is 2.07. The average Bonchev–Trinajstić information content (AvgIpc) is 2.38. The normalized spacial score (nSPS) is 10.5. The SMILES string of the molecule is O=C(O)c1ccccc1CNCCCNCCO. The highest BCUT2D eigenvalue weighted by Crippen LogP contribution is 2.08. The fraction of sp³-hybridized carbons (Fsp3) is 0.462. The molecule has 0 radical (unpaired) electrons. The first-order chi connectivity index (χ1) is 8.75. The van der Waals surface area contributed by atoms with Crippen LogP contribution in [0.5, 0.6) is 0 Å². The van der Waals surface area contributed by atoms with E-state index in [0.717, 1.165) is 25.1 Å². The minimum Gasteiger partial charge on any atom is -0.478 e. The van der Waals surface area contributed by atoms with E-state index < -0.39 is 5.97 Å². The van der Waals surface area contributed by atoms with Crippen LogP contribution in [0.4, 0.5) is 0 Å². The van der Waals surface area contributed by atoms with Crippen LogP contribution in [0.3, 0.4) is 0 Å². The van der Waals surface area contributed by atoms with Crippen molar-refractivity contribution >= 4 is 5.97 Å². The van der Waals surface area contributed by atoms with Gasteiger partial charge in [-0.1, -0.05) is 18.2 Å². The molecule has 18 heavy (non-hydrogen) atoms. The zero-order chi connectivity index (χ0) is 13.2. The van der Waals surface area contributed by atoms with E-state index in [1.165, 1.54) is 0 Å². The second-order valence-electron chi connectivity index (χ2n) is 3.97. The number of rotatable bonds is 9. The quantitative estimate of drug-likeness (QED) is 0.480. The molecule has 0 unspecified atom stereocenters. The van der Waals surface area contributed by atoms with Crippen LogP contribution in [0.15, 0.2) is 24.3 Å². The topological polar surface area (TPSA) is 81.6 Å². The zero-order valence-corrected chi connectivity index (χ0v) is 10.4. The van der Waals surface area contributed by atoms with Gasteiger partial charge in [0.2, 0.25) is 0 Å². The number of aliphatic hydroxyl groups excluding tert-OH is 1. The summed E-state index contributed by atoms with van der Waals surface area (Å²) < 4.78 is 0. The van der Waals surface area contributed by atoms with E-state index in [0.29, 0.717) is 18.7 Å². The monoisotopic (exact) mass is 252 g/mol. The van der Waals surface area contributed by atoms with Gasteiger partial charge in [-0.3, -0.25) is 0 Å². The number of nitrogens with one attached hydrogen (secondary N) is 2. The molecule has 0 amide bonds. The highest BCUT2D eigenvalue weighted by atomic mass is 16.4. The number of hydrogen-bond donors (Lipinski definition) is 4. The Balaban J connectivity index is 2.25. The molecule has 0 fully saturated rings. The first-order valence-electron chi connectivity index (χ1n) is 6.09. The minimum absolute atomic E-state index is 0.152. The lowest BCUT2D eigenvalue weighted by molar-refractivity contribution is 0.0695. The van der Waals surface area contributed by atoms with Gasteiger partial charge in [0.15, 0.2) is 0 Å². The molecule has 1 aromatic carbocycles. The van der Waals surface area contributed by atoms with Crippen molar-refractivity contribution in [1.29, 1.82) is 0 Å². The third-order valence-corrected chi connectivity index (χ3v) is 2.56. The van der Waals surface area contributed by atoms with Gasteiger partial charge < -0.3 is 20.8 Å². The number of carboxylic acids is 1. The molecule has 0 aliphatic rings. The number of carbonyl (C=O) groups is 1. The van der Waals surface area contributed by atoms with Gasteiger partial charge in [-0.05, 0) is 31.1 Å². The predicted molar refractivity (Wildman–Crippen MR) is 69.7 cm³/mol. The van der Waals surface area contributed by atoms with Gasteiger partial charge in [0.1, 0.15) is 0 Å². The van der Waals surface area contributed by atoms with E-state index in [-0.39, 0.29) is 6.61 Å². The molecule has 0 aliphatic carbocycles. The minimum atomic E-state index is -0.892. The Kier molecular flexibility index (Phi) is 7.01. The molecule has 0 spiro atoms. The van der Waals surface area contributed by atoms with Gasteiger partial charge in [-0.2, -0.15) is 0 Å². The summed E-state index contributed by atoms with van der Waals surface area (Å²) in [6.45, 7) is 2.98. The van der Waals surface area contributed by atoms with Gasteiger partial charge in [-0.15, -0.1) is 0 Å². The lowest BCUT2D eigenvalue weighted by Gasteiger charge is -2.08. The van der Waals surface area contributed by atoms with Gasteiger partial charge >= 0.3 is 5.97 Å². The van der Waals surface area contributed by atoms with E-state index >= 15 is 0 Å². The molecule has 4 N–H and O–H groups in total. The lowest BCUT2D eigenvalue weighted by Crippen LogP contribution is -2.24. The fourth-order valence-corrected chi connectivity index (χ4v) is 1.65. The maximum absolute atomic E-state index is 11.0. The lowest BCUT2D eigenvalue weighted by atomic mass is 10.1. The van der Waals surface area contributed by atoms with Gasteiger partial charge in [-0.25, -0.2) is 4.79 Å². The van der Waals surface area contributed by atoms with E-state index in [1.807, 2.05) is 12.1 Å². The van der Waals surface area contributed by atoms with E-state index in [2.05, 4.69) is 10.6 Å². The summed E-state index contributed by atoms with van der Waals surface area (Å²) in [5.41, 5.74) is 1.15. The van der Waals surface area contributed by atoms with Crippen LogP contribution in [0, 0.1) is 0 Å². The van der Waals surface area contributed by atoms with Crippen LogP contribution >= 0.6 is 0 Å². The smallest absolute Gasteiger partial charge is 0.336 e. The summed E-state index contributed by atoms with van der Waals surface area (Å²) >= 11 is 0. The molecule has 5 heteroatoms. The summed E-state index contributed by atoms with van der Waals surface area (Å²) in [6, 6.07) is 7.00. The number of hydrogen-bond acceptors (Lipinski definition) is 4. The second kappa shape index (κ2) is 8.63. The number of benzene rings is 1. The van der Waals surface area contributed by atoms with Crippen molar-refractivity contribution in [2.24, 2.45) is 0 Å². The molecule has 5 nitrogen and oxygen atoms in total. The fourth-order valence-electron chi connectivity index (χ4n) is 1.65. The molecule has 1 rings (SSSR count). The van der Waals surface area contributed by atoms with Crippen LogP contribution in [0.25, 0.3) is 0 Å². The molecule has 1 aromatic rings. The van der Waals surface area contributed by atoms with Crippen LogP contribution in [0.2, 0.25) is 0 Å². The molecular formula is C13H20N2O3. The van der Waals surface area contributed by atoms with Crippen LogP contribution in [-0.2, 0) is 6.54 Å². The third kappa shape index (κ3) is 5.27. The first-order valence-corrected chi connectivity index (χ1v) is 6.09. The Bertz CT molecular complexity index is 369. The molecule has 0 heterocycles. The Morgan fingerprint density at radius 2 is 1.83 bits per heavy atom. The largest absolute Gasteiger partial charge is 0.478 e. The number of carboxylic acid groups (broad SMARTS) is 1. The van der Waals surface area contributed by atoms with Crippen molar-refractivity contribution in [1.82, 2.24) is 10.6 Å². The number of aromatic carboxylic acids is 1. The molecule has 0 aliphatic heterocycles. The molecule has 0 saturated carbocycles. The zero-order valence-electron chi connectivity index (χ0n) is 10.4. The van der Waals surface area contributed by atoms with Crippen LogP contribution in [0.1, 0.15) is 22.3 Å². The van der Waals surface area contributed by atoms with E-state index in [4.69, 9.17) is 10.2 Å². The molecule has 0 aromatic heterocycles. The van der Waals surface area contributed by atoms with Gasteiger partial charge in [0.05, 0.1) is 12.2 Å². The maximum Gasteiger partial charge on any atom is 0.336 e. The standard InChI is InChI=1S/C13H20N2O3/c16-9-8-14-6-3-7-15-10-11-4-1-2-5-12(11)13(17)18/h1-2,4-5,14-16H,3,6-10H2,(H,17,18). The van der Waals surface area contributed by atoms with Crippen molar-refractivity contribution in [3.8, 4) is 0 Å². The van der Waals surface area contributed by atoms with Crippen molar-refractivity contribution in [3.63, 3.8) is 0 Å². The highest BCUT2D eigenvalue weighted by molar-refractivity contribution is 5.89. The van der Waals surface area contributed by atoms with Crippen molar-refractivity contribution in [2.45, 2.75) is 13.0 Å². The Labute approximate surface area is 107 Å². The van der Waals surface area contributed by atoms with E-state index in [1.54, 1.807) is 12.1 Å². The Morgan fingerprint density at radius 1 is 1.11 bits per heavy atom. The third-order valence-electron chi connectivity index (χ3n) is 2.56. The second-order valence-corrected chi connectivity index (χ2v) is 3.97. The Hall–Kier alpha value is -1.43. The van der Waals surface area contributed by atoms with Gasteiger partial charge in [0, 0.05) is 13.1 Å². The Morgan fingerprint density at radius 3 is 2.56 bits per heavy atom. The summed E-state index contributed by atoms with van der Waals surface area (Å²) in [5.74, 6) is -0.892. The summed E-state index contributed by atoms with van der Waals surface area (Å²) in [4.78, 5) is 11.0. The van der Waals surface area contributed by atoms with Crippen molar-refractivity contribution in [2.75, 3.05) is 26.2 Å². The predicted octanol–water partition coefficient (Wildman–Crippen LogP) is 0.446. The average molecular weight is 252 g/mol.